The second-order valence-electron chi connectivity index (χ2n) is 7.03. The van der Waals surface area contributed by atoms with Gasteiger partial charge in [0.25, 0.3) is 0 Å². The van der Waals surface area contributed by atoms with Gasteiger partial charge in [-0.15, -0.1) is 0 Å². The van der Waals surface area contributed by atoms with Crippen LogP contribution in [0.4, 0.5) is 13.2 Å². The van der Waals surface area contributed by atoms with Crippen LogP contribution in [-0.2, 0) is 20.5 Å². The maximum absolute atomic E-state index is 13.2. The molecule has 4 nitrogen and oxygen atoms in total. The van der Waals surface area contributed by atoms with E-state index in [9.17, 15) is 27.9 Å². The number of halogens is 3. The number of aldehydes is 1. The molecule has 1 N–H and O–H groups in total. The zero-order chi connectivity index (χ0) is 19.8. The first-order valence-electron chi connectivity index (χ1n) is 9.02. The summed E-state index contributed by atoms with van der Waals surface area (Å²) in [7, 11) is 0. The first-order valence-corrected chi connectivity index (χ1v) is 9.02. The third-order valence-electron chi connectivity index (χ3n) is 5.61. The van der Waals surface area contributed by atoms with Crippen molar-refractivity contribution in [3.63, 3.8) is 0 Å². The molecule has 0 bridgehead atoms. The van der Waals surface area contributed by atoms with E-state index < -0.39 is 29.5 Å². The Hall–Kier alpha value is -2.31. The molecule has 146 valence electrons. The van der Waals surface area contributed by atoms with Crippen molar-refractivity contribution >= 4 is 12.3 Å². The van der Waals surface area contributed by atoms with Gasteiger partial charge in [0, 0.05) is 17.8 Å². The molecule has 1 fully saturated rings. The predicted octanol–water partition coefficient (Wildman–Crippen LogP) is 4.41. The summed E-state index contributed by atoms with van der Waals surface area (Å²) in [6.45, 7) is 1.66. The quantitative estimate of drug-likeness (QED) is 0.619. The molecule has 1 saturated carbocycles. The monoisotopic (exact) mass is 382 g/mol. The van der Waals surface area contributed by atoms with Crippen LogP contribution in [0.25, 0.3) is 0 Å². The maximum atomic E-state index is 13.2. The van der Waals surface area contributed by atoms with Gasteiger partial charge in [-0.3, -0.25) is 0 Å². The lowest BCUT2D eigenvalue weighted by atomic mass is 9.65. The Kier molecular flexibility index (Phi) is 5.31. The average molecular weight is 382 g/mol. The lowest BCUT2D eigenvalue weighted by Crippen LogP contribution is -2.37. The molecule has 0 heterocycles. The molecule has 0 amide bonds. The smallest absolute Gasteiger partial charge is 0.416 e. The highest BCUT2D eigenvalue weighted by atomic mass is 19.4. The number of benzene rings is 1. The molecule has 0 saturated heterocycles. The Labute approximate surface area is 155 Å². The van der Waals surface area contributed by atoms with Crippen molar-refractivity contribution in [3.8, 4) is 0 Å². The van der Waals surface area contributed by atoms with E-state index in [0.29, 0.717) is 19.1 Å². The Balaban J connectivity index is 2.16. The number of alkyl halides is 3. The number of ether oxygens (including phenoxy) is 1. The van der Waals surface area contributed by atoms with Gasteiger partial charge in [-0.2, -0.15) is 13.2 Å². The van der Waals surface area contributed by atoms with Crippen LogP contribution in [0.3, 0.4) is 0 Å². The summed E-state index contributed by atoms with van der Waals surface area (Å²) in [6, 6.07) is 4.59. The van der Waals surface area contributed by atoms with Gasteiger partial charge in [-0.25, -0.2) is 4.79 Å². The fourth-order valence-corrected chi connectivity index (χ4v) is 4.50. The van der Waals surface area contributed by atoms with Gasteiger partial charge >= 0.3 is 12.1 Å². The fraction of sp³-hybridized carbons (Fsp3) is 0.500. The third-order valence-corrected chi connectivity index (χ3v) is 5.61. The summed E-state index contributed by atoms with van der Waals surface area (Å²) in [5, 5.41) is 10.8. The first kappa shape index (κ1) is 19.5. The highest BCUT2D eigenvalue weighted by molar-refractivity contribution is 5.92. The molecule has 1 aromatic carbocycles. The van der Waals surface area contributed by atoms with Gasteiger partial charge in [0.1, 0.15) is 12.0 Å². The van der Waals surface area contributed by atoms with Gasteiger partial charge < -0.3 is 14.6 Å². The van der Waals surface area contributed by atoms with Crippen LogP contribution in [0.15, 0.2) is 35.6 Å². The Bertz CT molecular complexity index is 769. The van der Waals surface area contributed by atoms with E-state index >= 15 is 0 Å². The van der Waals surface area contributed by atoms with Crippen LogP contribution in [0.2, 0.25) is 0 Å². The largest absolute Gasteiger partial charge is 0.511 e. The molecular formula is C20H21F3O4. The minimum Gasteiger partial charge on any atom is -0.511 e. The van der Waals surface area contributed by atoms with Crippen molar-refractivity contribution in [2.24, 2.45) is 17.8 Å². The molecule has 2 aliphatic carbocycles. The number of carbonyl (C=O) groups excluding carboxylic acids is 2. The highest BCUT2D eigenvalue weighted by Crippen LogP contribution is 2.53. The van der Waals surface area contributed by atoms with Gasteiger partial charge in [0.2, 0.25) is 0 Å². The number of aliphatic hydroxyl groups excluding tert-OH is 1. The van der Waals surface area contributed by atoms with Crippen molar-refractivity contribution in [3.05, 3.63) is 46.7 Å². The number of carbonyl (C=O) groups is 2. The van der Waals surface area contributed by atoms with Crippen molar-refractivity contribution in [1.29, 1.82) is 0 Å². The number of esters is 1. The number of fused-ring (bicyclic) bond motifs is 1. The van der Waals surface area contributed by atoms with Crippen LogP contribution in [0, 0.1) is 17.8 Å². The molecule has 3 rings (SSSR count). The van der Waals surface area contributed by atoms with Gasteiger partial charge in [0.05, 0.1) is 17.7 Å². The average Bonchev–Trinajstić information content (AvgIpc) is 3.11. The van der Waals surface area contributed by atoms with E-state index in [4.69, 9.17) is 4.74 Å². The fourth-order valence-electron chi connectivity index (χ4n) is 4.50. The van der Waals surface area contributed by atoms with Crippen molar-refractivity contribution in [2.75, 3.05) is 6.61 Å². The van der Waals surface area contributed by atoms with Gasteiger partial charge in [-0.1, -0.05) is 24.6 Å². The van der Waals surface area contributed by atoms with Crippen LogP contribution in [0.5, 0.6) is 0 Å². The summed E-state index contributed by atoms with van der Waals surface area (Å²) in [5.74, 6) is -3.09. The molecule has 0 aliphatic heterocycles. The minimum atomic E-state index is -4.55. The van der Waals surface area contributed by atoms with Crippen LogP contribution >= 0.6 is 0 Å². The number of hydrogen-bond acceptors (Lipinski definition) is 4. The SMILES string of the molecule is CCOC(=O)C1=C(O)[C@@H]2CCC[C@@H]2C(C=O)[C@H]1c1cccc(C(F)(F)F)c1. The molecule has 0 spiro atoms. The highest BCUT2D eigenvalue weighted by Gasteiger charge is 2.49. The summed E-state index contributed by atoms with van der Waals surface area (Å²) in [5.41, 5.74) is -0.765. The standard InChI is InChI=1S/C20H21F3O4/c1-2-27-19(26)17-16(11-5-3-6-12(9-11)20(21,22)23)15(10-24)13-7-4-8-14(13)18(17)25/h3,5-6,9-10,13-16,25H,2,4,7-8H2,1H3/t13-,14+,15?,16+/m0/s1. The number of rotatable bonds is 4. The zero-order valence-electron chi connectivity index (χ0n) is 14.8. The third kappa shape index (κ3) is 3.47. The molecule has 2 aliphatic rings. The molecule has 7 heteroatoms. The normalized spacial score (nSPS) is 28.0. The summed E-state index contributed by atoms with van der Waals surface area (Å²) in [6.07, 6.45) is -1.73. The van der Waals surface area contributed by atoms with Gasteiger partial charge in [-0.05, 0) is 37.3 Å². The molecule has 1 aromatic rings. The number of aliphatic hydroxyl groups is 1. The molecule has 0 aromatic heterocycles. The van der Waals surface area contributed by atoms with E-state index in [1.807, 2.05) is 0 Å². The minimum absolute atomic E-state index is 0.0603. The van der Waals surface area contributed by atoms with Gasteiger partial charge in [0.15, 0.2) is 0 Å². The van der Waals surface area contributed by atoms with Crippen LogP contribution < -0.4 is 0 Å². The molecule has 4 atom stereocenters. The Morgan fingerprint density at radius 3 is 2.70 bits per heavy atom. The maximum Gasteiger partial charge on any atom is 0.416 e. The molecule has 0 radical (unpaired) electrons. The van der Waals surface area contributed by atoms with E-state index in [1.165, 1.54) is 12.1 Å². The predicted molar refractivity (Wildman–Crippen MR) is 90.9 cm³/mol. The second kappa shape index (κ2) is 7.37. The van der Waals surface area contributed by atoms with E-state index in [-0.39, 0.29) is 35.3 Å². The summed E-state index contributed by atoms with van der Waals surface area (Å²) >= 11 is 0. The van der Waals surface area contributed by atoms with Crippen LogP contribution in [-0.4, -0.2) is 24.0 Å². The number of hydrogen-bond donors (Lipinski definition) is 1. The molecular weight excluding hydrogens is 361 g/mol. The lowest BCUT2D eigenvalue weighted by molar-refractivity contribution is -0.139. The summed E-state index contributed by atoms with van der Waals surface area (Å²) < 4.78 is 44.5. The Morgan fingerprint density at radius 2 is 2.07 bits per heavy atom. The van der Waals surface area contributed by atoms with Crippen molar-refractivity contribution < 1.29 is 32.6 Å². The Morgan fingerprint density at radius 1 is 1.33 bits per heavy atom. The molecule has 1 unspecified atom stereocenters. The van der Waals surface area contributed by atoms with Crippen molar-refractivity contribution in [1.82, 2.24) is 0 Å². The first-order chi connectivity index (χ1) is 12.8. The topological polar surface area (TPSA) is 63.6 Å². The van der Waals surface area contributed by atoms with E-state index in [0.717, 1.165) is 18.6 Å². The van der Waals surface area contributed by atoms with E-state index in [2.05, 4.69) is 0 Å². The summed E-state index contributed by atoms with van der Waals surface area (Å²) in [4.78, 5) is 24.5. The van der Waals surface area contributed by atoms with E-state index in [1.54, 1.807) is 6.92 Å². The van der Waals surface area contributed by atoms with Crippen molar-refractivity contribution in [2.45, 2.75) is 38.3 Å². The van der Waals surface area contributed by atoms with Crippen LogP contribution in [0.1, 0.15) is 43.2 Å². The zero-order valence-corrected chi connectivity index (χ0v) is 14.8. The second-order valence-corrected chi connectivity index (χ2v) is 7.03. The molecule has 27 heavy (non-hydrogen) atoms. The number of allylic oxidation sites excluding steroid dienone is 1. The lowest BCUT2D eigenvalue weighted by Gasteiger charge is -2.38.